The molecule has 0 saturated carbocycles. The minimum atomic E-state index is -2.85. The standard InChI is InChI=1S/C14H21NO3S/c1-14(11-16,12-5-3-2-4-6-12)15-13-7-9-19(17,18)10-8-13/h2-6,13,15-16H,7-11H2,1H3. The molecule has 19 heavy (non-hydrogen) atoms. The van der Waals surface area contributed by atoms with Crippen molar-refractivity contribution in [2.24, 2.45) is 0 Å². The van der Waals surface area contributed by atoms with Gasteiger partial charge < -0.3 is 10.4 Å². The number of hydrogen-bond donors (Lipinski definition) is 2. The zero-order valence-electron chi connectivity index (χ0n) is 11.2. The van der Waals surface area contributed by atoms with Crippen LogP contribution in [0.5, 0.6) is 0 Å². The smallest absolute Gasteiger partial charge is 0.150 e. The molecule has 0 bridgehead atoms. The SMILES string of the molecule is CC(CO)(NC1CCS(=O)(=O)CC1)c1ccccc1. The van der Waals surface area contributed by atoms with Gasteiger partial charge in [-0.2, -0.15) is 0 Å². The van der Waals surface area contributed by atoms with Crippen molar-refractivity contribution in [1.82, 2.24) is 5.32 Å². The number of sulfone groups is 1. The van der Waals surface area contributed by atoms with Gasteiger partial charge in [-0.25, -0.2) is 8.42 Å². The lowest BCUT2D eigenvalue weighted by Gasteiger charge is -2.35. The summed E-state index contributed by atoms with van der Waals surface area (Å²) in [7, 11) is -2.85. The quantitative estimate of drug-likeness (QED) is 0.867. The van der Waals surface area contributed by atoms with Crippen LogP contribution in [-0.4, -0.2) is 37.7 Å². The zero-order chi connectivity index (χ0) is 13.9. The Morgan fingerprint density at radius 1 is 1.26 bits per heavy atom. The minimum Gasteiger partial charge on any atom is -0.394 e. The van der Waals surface area contributed by atoms with E-state index in [2.05, 4.69) is 5.32 Å². The van der Waals surface area contributed by atoms with Gasteiger partial charge in [0.25, 0.3) is 0 Å². The number of aliphatic hydroxyl groups excluding tert-OH is 1. The Labute approximate surface area is 114 Å². The van der Waals surface area contributed by atoms with E-state index < -0.39 is 15.4 Å². The van der Waals surface area contributed by atoms with E-state index in [-0.39, 0.29) is 24.2 Å². The van der Waals surface area contributed by atoms with Crippen molar-refractivity contribution in [3.8, 4) is 0 Å². The summed E-state index contributed by atoms with van der Waals surface area (Å²) in [5.41, 5.74) is 0.499. The minimum absolute atomic E-state index is 0.0136. The fraction of sp³-hybridized carbons (Fsp3) is 0.571. The Morgan fingerprint density at radius 3 is 2.37 bits per heavy atom. The second-order valence-electron chi connectivity index (χ2n) is 5.43. The maximum atomic E-state index is 11.4. The first-order valence-electron chi connectivity index (χ1n) is 6.60. The normalized spacial score (nSPS) is 22.8. The Kier molecular flexibility index (Phi) is 4.28. The van der Waals surface area contributed by atoms with Gasteiger partial charge >= 0.3 is 0 Å². The number of aliphatic hydroxyl groups is 1. The van der Waals surface area contributed by atoms with Gasteiger partial charge in [0.05, 0.1) is 23.7 Å². The van der Waals surface area contributed by atoms with E-state index in [0.29, 0.717) is 12.8 Å². The van der Waals surface area contributed by atoms with Crippen LogP contribution in [0.4, 0.5) is 0 Å². The average molecular weight is 283 g/mol. The van der Waals surface area contributed by atoms with E-state index in [1.165, 1.54) is 0 Å². The summed E-state index contributed by atoms with van der Waals surface area (Å²) in [6.07, 6.45) is 1.23. The third-order valence-corrected chi connectivity index (χ3v) is 5.52. The van der Waals surface area contributed by atoms with Gasteiger partial charge in [0.1, 0.15) is 9.84 Å². The van der Waals surface area contributed by atoms with E-state index in [4.69, 9.17) is 0 Å². The maximum Gasteiger partial charge on any atom is 0.150 e. The van der Waals surface area contributed by atoms with Gasteiger partial charge in [0.2, 0.25) is 0 Å². The van der Waals surface area contributed by atoms with Gasteiger partial charge in [-0.1, -0.05) is 30.3 Å². The lowest BCUT2D eigenvalue weighted by atomic mass is 9.91. The van der Waals surface area contributed by atoms with Gasteiger partial charge in [0, 0.05) is 6.04 Å². The second kappa shape index (κ2) is 5.61. The molecule has 0 spiro atoms. The van der Waals surface area contributed by atoms with E-state index >= 15 is 0 Å². The lowest BCUT2D eigenvalue weighted by molar-refractivity contribution is 0.158. The highest BCUT2D eigenvalue weighted by molar-refractivity contribution is 7.91. The molecule has 106 valence electrons. The Morgan fingerprint density at radius 2 is 1.84 bits per heavy atom. The van der Waals surface area contributed by atoms with Crippen LogP contribution in [0, 0.1) is 0 Å². The van der Waals surface area contributed by atoms with Crippen molar-refractivity contribution in [2.45, 2.75) is 31.3 Å². The first kappa shape index (κ1) is 14.5. The molecule has 1 aromatic rings. The van der Waals surface area contributed by atoms with Crippen molar-refractivity contribution < 1.29 is 13.5 Å². The van der Waals surface area contributed by atoms with Gasteiger partial charge in [0.15, 0.2) is 0 Å². The number of benzene rings is 1. The summed E-state index contributed by atoms with van der Waals surface area (Å²) in [4.78, 5) is 0. The Balaban J connectivity index is 2.08. The third kappa shape index (κ3) is 3.55. The molecular formula is C14H21NO3S. The largest absolute Gasteiger partial charge is 0.394 e. The molecule has 1 fully saturated rings. The predicted octanol–water partition coefficient (Wildman–Crippen LogP) is 1.06. The van der Waals surface area contributed by atoms with Crippen LogP contribution in [0.1, 0.15) is 25.3 Å². The Bertz CT molecular complexity index is 501. The predicted molar refractivity (Wildman–Crippen MR) is 75.7 cm³/mol. The molecule has 0 radical (unpaired) electrons. The monoisotopic (exact) mass is 283 g/mol. The maximum absolute atomic E-state index is 11.4. The van der Waals surface area contributed by atoms with E-state index in [1.807, 2.05) is 37.3 Å². The number of hydrogen-bond acceptors (Lipinski definition) is 4. The molecule has 2 rings (SSSR count). The van der Waals surface area contributed by atoms with Crippen LogP contribution in [0.25, 0.3) is 0 Å². The molecule has 1 heterocycles. The molecule has 1 unspecified atom stereocenters. The van der Waals surface area contributed by atoms with Crippen molar-refractivity contribution in [1.29, 1.82) is 0 Å². The van der Waals surface area contributed by atoms with Crippen LogP contribution in [0.3, 0.4) is 0 Å². The molecule has 1 saturated heterocycles. The molecule has 1 aliphatic rings. The molecule has 2 N–H and O–H groups in total. The van der Waals surface area contributed by atoms with E-state index in [9.17, 15) is 13.5 Å². The van der Waals surface area contributed by atoms with Crippen molar-refractivity contribution >= 4 is 9.84 Å². The first-order valence-corrected chi connectivity index (χ1v) is 8.42. The molecule has 1 aromatic carbocycles. The van der Waals surface area contributed by atoms with Gasteiger partial charge in [-0.3, -0.25) is 0 Å². The highest BCUT2D eigenvalue weighted by Crippen LogP contribution is 2.23. The van der Waals surface area contributed by atoms with Crippen molar-refractivity contribution in [2.75, 3.05) is 18.1 Å². The summed E-state index contributed by atoms with van der Waals surface area (Å²) >= 11 is 0. The molecule has 0 aliphatic carbocycles. The third-order valence-electron chi connectivity index (χ3n) is 3.80. The van der Waals surface area contributed by atoms with Crippen LogP contribution in [0.15, 0.2) is 30.3 Å². The number of nitrogens with one attached hydrogen (secondary N) is 1. The van der Waals surface area contributed by atoms with Crippen molar-refractivity contribution in [3.05, 3.63) is 35.9 Å². The second-order valence-corrected chi connectivity index (χ2v) is 7.73. The molecule has 5 heteroatoms. The zero-order valence-corrected chi connectivity index (χ0v) is 12.0. The van der Waals surface area contributed by atoms with Gasteiger partial charge in [-0.15, -0.1) is 0 Å². The summed E-state index contributed by atoms with van der Waals surface area (Å²) in [6.45, 7) is 1.94. The van der Waals surface area contributed by atoms with Crippen LogP contribution in [-0.2, 0) is 15.4 Å². The highest BCUT2D eigenvalue weighted by atomic mass is 32.2. The van der Waals surface area contributed by atoms with E-state index in [1.54, 1.807) is 0 Å². The summed E-state index contributed by atoms with van der Waals surface area (Å²) < 4.78 is 22.8. The summed E-state index contributed by atoms with van der Waals surface area (Å²) in [5, 5.41) is 13.1. The van der Waals surface area contributed by atoms with Gasteiger partial charge in [-0.05, 0) is 25.3 Å². The van der Waals surface area contributed by atoms with Crippen molar-refractivity contribution in [3.63, 3.8) is 0 Å². The molecule has 4 nitrogen and oxygen atoms in total. The molecule has 0 amide bonds. The Hall–Kier alpha value is -0.910. The van der Waals surface area contributed by atoms with Crippen LogP contribution in [0.2, 0.25) is 0 Å². The number of rotatable bonds is 4. The first-order chi connectivity index (χ1) is 8.95. The highest BCUT2D eigenvalue weighted by Gasteiger charge is 2.31. The topological polar surface area (TPSA) is 66.4 Å². The van der Waals surface area contributed by atoms with E-state index in [0.717, 1.165) is 5.56 Å². The fourth-order valence-electron chi connectivity index (χ4n) is 2.51. The summed E-state index contributed by atoms with van der Waals surface area (Å²) in [6, 6.07) is 9.91. The molecule has 1 atom stereocenters. The summed E-state index contributed by atoms with van der Waals surface area (Å²) in [5.74, 6) is 0.474. The molecular weight excluding hydrogens is 262 g/mol. The fourth-order valence-corrected chi connectivity index (χ4v) is 4.00. The molecule has 1 aliphatic heterocycles. The van der Waals surface area contributed by atoms with Crippen LogP contribution >= 0.6 is 0 Å². The average Bonchev–Trinajstić information content (AvgIpc) is 2.42. The lowest BCUT2D eigenvalue weighted by Crippen LogP contribution is -2.50. The molecule has 0 aromatic heterocycles. The van der Waals surface area contributed by atoms with Crippen LogP contribution < -0.4 is 5.32 Å².